The van der Waals surface area contributed by atoms with Gasteiger partial charge in [0.1, 0.15) is 23.9 Å². The smallest absolute Gasteiger partial charge is 0.281 e. The van der Waals surface area contributed by atoms with E-state index in [1.165, 1.54) is 12.1 Å². The maximum absolute atomic E-state index is 14.0. The Kier molecular flexibility index (Phi) is 4.22. The standard InChI is InChI=1S/C19H12ClFN2O2S/c20-13-5-6-17-12(9-13)7-11(10-25-17)8-15-18(24)23(19(26)22-15)16-4-2-1-3-14(16)21/h1-9H,10H2,(H,22,26). The molecule has 0 aliphatic carbocycles. The summed E-state index contributed by atoms with van der Waals surface area (Å²) in [5, 5.41) is 3.57. The van der Waals surface area contributed by atoms with Crippen LogP contribution in [0.15, 0.2) is 59.8 Å². The van der Waals surface area contributed by atoms with Crippen molar-refractivity contribution in [2.75, 3.05) is 11.5 Å². The van der Waals surface area contributed by atoms with E-state index in [9.17, 15) is 9.18 Å². The minimum Gasteiger partial charge on any atom is -0.488 e. The molecule has 1 saturated heterocycles. The summed E-state index contributed by atoms with van der Waals surface area (Å²) in [6, 6.07) is 11.3. The van der Waals surface area contributed by atoms with Crippen molar-refractivity contribution in [3.63, 3.8) is 0 Å². The number of rotatable bonds is 2. The lowest BCUT2D eigenvalue weighted by molar-refractivity contribution is -0.113. The van der Waals surface area contributed by atoms with Gasteiger partial charge in [-0.05, 0) is 60.3 Å². The maximum atomic E-state index is 14.0. The Labute approximate surface area is 159 Å². The first-order valence-electron chi connectivity index (χ1n) is 7.77. The lowest BCUT2D eigenvalue weighted by Gasteiger charge is -2.16. The van der Waals surface area contributed by atoms with Crippen molar-refractivity contribution < 1.29 is 13.9 Å². The number of hydrogen-bond acceptors (Lipinski definition) is 3. The first kappa shape index (κ1) is 16.8. The van der Waals surface area contributed by atoms with Crippen molar-refractivity contribution in [3.05, 3.63) is 76.2 Å². The predicted molar refractivity (Wildman–Crippen MR) is 103 cm³/mol. The molecular weight excluding hydrogens is 375 g/mol. The molecule has 1 fully saturated rings. The van der Waals surface area contributed by atoms with Crippen LogP contribution in [0.4, 0.5) is 10.1 Å². The SMILES string of the molecule is O=C1C(=CC2=Cc3cc(Cl)ccc3OC2)NC(=S)N1c1ccccc1F. The molecule has 4 rings (SSSR count). The summed E-state index contributed by atoms with van der Waals surface area (Å²) in [6.07, 6.45) is 3.54. The molecule has 1 amide bonds. The van der Waals surface area contributed by atoms with Gasteiger partial charge in [-0.25, -0.2) is 9.29 Å². The van der Waals surface area contributed by atoms with Gasteiger partial charge >= 0.3 is 0 Å². The average Bonchev–Trinajstić information content (AvgIpc) is 2.89. The number of carbonyl (C=O) groups is 1. The average molecular weight is 387 g/mol. The zero-order valence-electron chi connectivity index (χ0n) is 13.3. The first-order valence-corrected chi connectivity index (χ1v) is 8.56. The van der Waals surface area contributed by atoms with Gasteiger partial charge in [0.15, 0.2) is 5.11 Å². The number of amides is 1. The molecule has 4 nitrogen and oxygen atoms in total. The van der Waals surface area contributed by atoms with Crippen LogP contribution in [-0.4, -0.2) is 17.6 Å². The van der Waals surface area contributed by atoms with Gasteiger partial charge in [0.2, 0.25) is 0 Å². The number of nitrogens with zero attached hydrogens (tertiary/aromatic N) is 1. The van der Waals surface area contributed by atoms with Crippen LogP contribution in [0, 0.1) is 5.82 Å². The molecule has 2 aliphatic heterocycles. The Morgan fingerprint density at radius 3 is 2.88 bits per heavy atom. The van der Waals surface area contributed by atoms with Gasteiger partial charge in [-0.1, -0.05) is 23.7 Å². The molecule has 0 radical (unpaired) electrons. The largest absolute Gasteiger partial charge is 0.488 e. The van der Waals surface area contributed by atoms with Crippen molar-refractivity contribution in [2.45, 2.75) is 0 Å². The summed E-state index contributed by atoms with van der Waals surface area (Å²) in [4.78, 5) is 13.8. The van der Waals surface area contributed by atoms with Crippen LogP contribution >= 0.6 is 23.8 Å². The predicted octanol–water partition coefficient (Wildman–Crippen LogP) is 4.06. The number of ether oxygens (including phenoxy) is 1. The Bertz CT molecular complexity index is 1000. The monoisotopic (exact) mass is 386 g/mol. The Hall–Kier alpha value is -2.70. The zero-order valence-corrected chi connectivity index (χ0v) is 14.9. The summed E-state index contributed by atoms with van der Waals surface area (Å²) in [6.45, 7) is 0.305. The van der Waals surface area contributed by atoms with Gasteiger partial charge in [-0.2, -0.15) is 0 Å². The van der Waals surface area contributed by atoms with Crippen molar-refractivity contribution in [1.29, 1.82) is 0 Å². The molecule has 0 unspecified atom stereocenters. The summed E-state index contributed by atoms with van der Waals surface area (Å²) in [7, 11) is 0. The normalized spacial score (nSPS) is 17.7. The Morgan fingerprint density at radius 2 is 2.08 bits per heavy atom. The number of nitrogens with one attached hydrogen (secondary N) is 1. The summed E-state index contributed by atoms with van der Waals surface area (Å²) in [5.74, 6) is -0.210. The van der Waals surface area contributed by atoms with Crippen LogP contribution in [0.25, 0.3) is 6.08 Å². The van der Waals surface area contributed by atoms with E-state index in [1.807, 2.05) is 6.08 Å². The van der Waals surface area contributed by atoms with E-state index in [0.717, 1.165) is 21.8 Å². The molecule has 130 valence electrons. The van der Waals surface area contributed by atoms with Crippen LogP contribution in [-0.2, 0) is 4.79 Å². The molecule has 0 spiro atoms. The van der Waals surface area contributed by atoms with E-state index in [0.29, 0.717) is 11.6 Å². The fraction of sp³-hybridized carbons (Fsp3) is 0.0526. The van der Waals surface area contributed by atoms with Crippen LogP contribution in [0.3, 0.4) is 0 Å². The summed E-state index contributed by atoms with van der Waals surface area (Å²) in [5.41, 5.74) is 1.98. The van der Waals surface area contributed by atoms with E-state index in [-0.39, 0.29) is 16.5 Å². The molecule has 7 heteroatoms. The van der Waals surface area contributed by atoms with Crippen LogP contribution in [0.5, 0.6) is 5.75 Å². The molecule has 26 heavy (non-hydrogen) atoms. The lowest BCUT2D eigenvalue weighted by Crippen LogP contribution is -2.31. The number of thiocarbonyl (C=S) groups is 1. The van der Waals surface area contributed by atoms with Gasteiger partial charge < -0.3 is 10.1 Å². The minimum atomic E-state index is -0.518. The van der Waals surface area contributed by atoms with Crippen LogP contribution < -0.4 is 15.0 Å². The molecule has 1 N–H and O–H groups in total. The highest BCUT2D eigenvalue weighted by Crippen LogP contribution is 2.30. The molecule has 0 atom stereocenters. The Balaban J connectivity index is 1.66. The van der Waals surface area contributed by atoms with E-state index in [2.05, 4.69) is 5.32 Å². The molecule has 2 aliphatic rings. The van der Waals surface area contributed by atoms with Crippen molar-refractivity contribution >= 4 is 46.6 Å². The van der Waals surface area contributed by atoms with Gasteiger partial charge in [0.05, 0.1) is 5.69 Å². The van der Waals surface area contributed by atoms with E-state index >= 15 is 0 Å². The van der Waals surface area contributed by atoms with E-state index in [1.54, 1.807) is 36.4 Å². The molecule has 2 heterocycles. The highest BCUT2D eigenvalue weighted by Gasteiger charge is 2.33. The second-order valence-corrected chi connectivity index (χ2v) is 6.59. The topological polar surface area (TPSA) is 41.6 Å². The van der Waals surface area contributed by atoms with Gasteiger partial charge in [0, 0.05) is 10.6 Å². The molecule has 2 aromatic rings. The molecule has 0 aromatic heterocycles. The minimum absolute atomic E-state index is 0.115. The maximum Gasteiger partial charge on any atom is 0.281 e. The van der Waals surface area contributed by atoms with Crippen molar-refractivity contribution in [1.82, 2.24) is 5.32 Å². The number of fused-ring (bicyclic) bond motifs is 1. The zero-order chi connectivity index (χ0) is 18.3. The second kappa shape index (κ2) is 6.55. The van der Waals surface area contributed by atoms with Crippen LogP contribution in [0.2, 0.25) is 5.02 Å². The lowest BCUT2D eigenvalue weighted by atomic mass is 10.1. The quantitative estimate of drug-likeness (QED) is 0.624. The summed E-state index contributed by atoms with van der Waals surface area (Å²) < 4.78 is 19.7. The fourth-order valence-electron chi connectivity index (χ4n) is 2.82. The van der Waals surface area contributed by atoms with Crippen molar-refractivity contribution in [2.24, 2.45) is 0 Å². The third-order valence-corrected chi connectivity index (χ3v) is 4.53. The highest BCUT2D eigenvalue weighted by molar-refractivity contribution is 7.80. The van der Waals surface area contributed by atoms with E-state index in [4.69, 9.17) is 28.6 Å². The molecule has 0 saturated carbocycles. The van der Waals surface area contributed by atoms with Crippen molar-refractivity contribution in [3.8, 4) is 5.75 Å². The van der Waals surface area contributed by atoms with Gasteiger partial charge in [0.25, 0.3) is 5.91 Å². The number of hydrogen-bond donors (Lipinski definition) is 1. The number of benzene rings is 2. The third kappa shape index (κ3) is 2.98. The van der Waals surface area contributed by atoms with E-state index < -0.39 is 11.7 Å². The van der Waals surface area contributed by atoms with Gasteiger partial charge in [-0.15, -0.1) is 0 Å². The van der Waals surface area contributed by atoms with Gasteiger partial charge in [-0.3, -0.25) is 4.79 Å². The van der Waals surface area contributed by atoms with Crippen LogP contribution in [0.1, 0.15) is 5.56 Å². The molecule has 2 aromatic carbocycles. The third-order valence-electron chi connectivity index (χ3n) is 4.01. The fourth-order valence-corrected chi connectivity index (χ4v) is 3.29. The molecular formula is C19H12ClFN2O2S. The second-order valence-electron chi connectivity index (χ2n) is 5.77. The summed E-state index contributed by atoms with van der Waals surface area (Å²) >= 11 is 11.2. The number of carbonyl (C=O) groups excluding carboxylic acids is 1. The number of para-hydroxylation sites is 1. The highest BCUT2D eigenvalue weighted by atomic mass is 35.5. The first-order chi connectivity index (χ1) is 12.5. The number of anilines is 1. The number of halogens is 2. The molecule has 0 bridgehead atoms. The Morgan fingerprint density at radius 1 is 1.27 bits per heavy atom.